The molecule has 2 atom stereocenters. The van der Waals surface area contributed by atoms with Gasteiger partial charge in [0.2, 0.25) is 0 Å². The number of nitrogens with one attached hydrogen (secondary N) is 1. The highest BCUT2D eigenvalue weighted by Gasteiger charge is 2.38. The summed E-state index contributed by atoms with van der Waals surface area (Å²) < 4.78 is 49.3. The van der Waals surface area contributed by atoms with E-state index >= 15 is 0 Å². The fraction of sp³-hybridized carbons (Fsp3) is 0.405. The van der Waals surface area contributed by atoms with Gasteiger partial charge in [0.05, 0.1) is 13.2 Å². The van der Waals surface area contributed by atoms with Gasteiger partial charge in [0.25, 0.3) is 0 Å². The lowest BCUT2D eigenvalue weighted by atomic mass is 9.86. The highest BCUT2D eigenvalue weighted by molar-refractivity contribution is 7.14. The molecule has 1 aromatic carbocycles. The minimum atomic E-state index is -3.05. The molecule has 15 heteroatoms. The second kappa shape index (κ2) is 16.3. The zero-order valence-corrected chi connectivity index (χ0v) is 30.3. The molecule has 1 amide bonds. The molecule has 10 nitrogen and oxygen atoms in total. The molecule has 0 unspecified atom stereocenters. The topological polar surface area (TPSA) is 105 Å². The van der Waals surface area contributed by atoms with Gasteiger partial charge < -0.3 is 18.9 Å². The fourth-order valence-corrected chi connectivity index (χ4v) is 7.93. The van der Waals surface area contributed by atoms with Crippen molar-refractivity contribution in [2.45, 2.75) is 57.5 Å². The number of esters is 1. The minimum absolute atomic E-state index is 0.0757. The van der Waals surface area contributed by atoms with Gasteiger partial charge in [-0.15, -0.1) is 11.3 Å². The zero-order chi connectivity index (χ0) is 36.2. The monoisotopic (exact) mass is 773 g/mol. The van der Waals surface area contributed by atoms with Crippen LogP contribution >= 0.6 is 34.5 Å². The van der Waals surface area contributed by atoms with E-state index in [1.807, 2.05) is 0 Å². The predicted molar refractivity (Wildman–Crippen MR) is 190 cm³/mol. The molecule has 0 radical (unpaired) electrons. The maximum atomic E-state index is 13.8. The first kappa shape index (κ1) is 36.3. The summed E-state index contributed by atoms with van der Waals surface area (Å²) in [7, 11) is 0. The molecule has 1 N–H and O–H groups in total. The van der Waals surface area contributed by atoms with Crippen LogP contribution in [0.4, 0.5) is 19.4 Å². The number of amides is 1. The van der Waals surface area contributed by atoms with Crippen LogP contribution in [0, 0.1) is 11.8 Å². The molecule has 1 saturated carbocycles. The summed E-state index contributed by atoms with van der Waals surface area (Å²) in [4.78, 5) is 39.5. The molecule has 3 aliphatic heterocycles. The Morgan fingerprint density at radius 3 is 2.48 bits per heavy atom. The van der Waals surface area contributed by atoms with Gasteiger partial charge in [-0.25, -0.2) is 19.6 Å². The summed E-state index contributed by atoms with van der Waals surface area (Å²) in [6.45, 7) is 0.184. The molecule has 0 spiro atoms. The van der Waals surface area contributed by atoms with Crippen LogP contribution in [0.3, 0.4) is 0 Å². The zero-order valence-electron chi connectivity index (χ0n) is 28.0. The van der Waals surface area contributed by atoms with Gasteiger partial charge in [-0.3, -0.25) is 9.80 Å². The summed E-state index contributed by atoms with van der Waals surface area (Å²) in [5.41, 5.74) is 0.988. The van der Waals surface area contributed by atoms with E-state index in [9.17, 15) is 18.4 Å². The highest BCUT2D eigenvalue weighted by atomic mass is 35.5. The number of nitrogens with zero attached hydrogens (tertiary/aromatic N) is 3. The van der Waals surface area contributed by atoms with E-state index in [0.717, 1.165) is 45.3 Å². The summed E-state index contributed by atoms with van der Waals surface area (Å²) in [5.74, 6) is 0.467. The van der Waals surface area contributed by atoms with E-state index in [2.05, 4.69) is 14.9 Å². The number of rotatable bonds is 14. The lowest BCUT2D eigenvalue weighted by Gasteiger charge is -2.44. The van der Waals surface area contributed by atoms with Crippen LogP contribution < -0.4 is 19.4 Å². The van der Waals surface area contributed by atoms with Gasteiger partial charge in [0, 0.05) is 29.6 Å². The number of carbonyl (C=O) groups excluding carboxylic acids is 2. The standard InChI is InChI=1S/C37H36Cl2F2N4O6S/c38-27-17-42-18-28(39)26(27)16-30(24-6-8-29(50-36(40)41)31(15-24)48-21-22-4-5-22)49-35(46)33-9-7-25(52-33)19-45(34-3-1-2-12-43-34)37(47)51-32-20-44-13-10-23(32)11-14-44/h1-3,6-9,12,15,17-18,22-23,30,32,36H,4-5,10-11,13-14,16,19-21H2/p+1/t30-,32-/m0/s1. The number of thiophene rings is 1. The maximum Gasteiger partial charge on any atom is 0.416 e. The second-order valence-electron chi connectivity index (χ2n) is 13.2. The van der Waals surface area contributed by atoms with Crippen molar-refractivity contribution in [2.75, 3.05) is 31.1 Å². The van der Waals surface area contributed by atoms with E-state index in [1.165, 1.54) is 22.3 Å². The molecule has 274 valence electrons. The number of halogens is 4. The van der Waals surface area contributed by atoms with E-state index in [4.69, 9.17) is 42.1 Å². The first-order valence-corrected chi connectivity index (χ1v) is 18.7. The first-order chi connectivity index (χ1) is 25.2. The molecule has 6 heterocycles. The number of aromatic amines is 1. The van der Waals surface area contributed by atoms with Gasteiger partial charge in [-0.2, -0.15) is 8.78 Å². The van der Waals surface area contributed by atoms with Gasteiger partial charge in [-0.05, 0) is 92.6 Å². The minimum Gasteiger partial charge on any atom is -0.489 e. The summed E-state index contributed by atoms with van der Waals surface area (Å²) in [5, 5.41) is 0.657. The van der Waals surface area contributed by atoms with Gasteiger partial charge in [0.15, 0.2) is 23.9 Å². The van der Waals surface area contributed by atoms with Crippen molar-refractivity contribution in [1.82, 2.24) is 9.88 Å². The molecule has 3 saturated heterocycles. The number of aromatic nitrogens is 2. The number of fused-ring (bicyclic) bond motifs is 3. The molecule has 2 bridgehead atoms. The molecule has 4 fully saturated rings. The molecule has 52 heavy (non-hydrogen) atoms. The fourth-order valence-electron chi connectivity index (χ4n) is 6.51. The van der Waals surface area contributed by atoms with Crippen LogP contribution in [0.2, 0.25) is 10.0 Å². The quantitative estimate of drug-likeness (QED) is 0.119. The molecular formula is C37H37Cl2F2N4O6S+. The van der Waals surface area contributed by atoms with Crippen molar-refractivity contribution >= 4 is 52.4 Å². The molecule has 4 aromatic rings. The number of alkyl halides is 2. The number of pyridine rings is 2. The summed E-state index contributed by atoms with van der Waals surface area (Å²) in [6.07, 6.45) is 7.18. The third-order valence-corrected chi connectivity index (χ3v) is 11.3. The van der Waals surface area contributed by atoms with E-state index < -0.39 is 24.8 Å². The Kier molecular flexibility index (Phi) is 11.4. The molecule has 1 aliphatic carbocycles. The van der Waals surface area contributed by atoms with Crippen molar-refractivity contribution in [2.24, 2.45) is 11.8 Å². The van der Waals surface area contributed by atoms with Gasteiger partial charge in [-0.1, -0.05) is 35.3 Å². The maximum absolute atomic E-state index is 13.8. The van der Waals surface area contributed by atoms with Crippen molar-refractivity contribution in [1.29, 1.82) is 0 Å². The number of anilines is 1. The SMILES string of the molecule is O=C(O[C@@H](Cc1c(Cl)c[nH+]cc1Cl)c1ccc(OC(F)F)c(OCC2CC2)c1)c1ccc(CN(C(=O)O[C@H]2CN3CCC2CC3)c2ccccn2)s1. The number of carbonyl (C=O) groups is 2. The Bertz CT molecular complexity index is 1860. The van der Waals surface area contributed by atoms with E-state index in [-0.39, 0.29) is 35.4 Å². The Labute approximate surface area is 313 Å². The summed E-state index contributed by atoms with van der Waals surface area (Å²) >= 11 is 14.2. The predicted octanol–water partition coefficient (Wildman–Crippen LogP) is 8.03. The van der Waals surface area contributed by atoms with Crippen LogP contribution in [0.25, 0.3) is 0 Å². The number of benzene rings is 1. The number of piperidine rings is 3. The smallest absolute Gasteiger partial charge is 0.416 e. The molecule has 8 rings (SSSR count). The number of H-pyrrole nitrogens is 1. The second-order valence-corrected chi connectivity index (χ2v) is 15.1. The Morgan fingerprint density at radius 2 is 1.81 bits per heavy atom. The average molecular weight is 775 g/mol. The first-order valence-electron chi connectivity index (χ1n) is 17.2. The van der Waals surface area contributed by atoms with Crippen LogP contribution in [0.1, 0.15) is 57.5 Å². The van der Waals surface area contributed by atoms with Crippen LogP contribution in [0.5, 0.6) is 11.5 Å². The number of hydrogen-bond donors (Lipinski definition) is 0. The number of ether oxygens (including phenoxy) is 4. The van der Waals surface area contributed by atoms with Gasteiger partial charge >= 0.3 is 18.7 Å². The highest BCUT2D eigenvalue weighted by Crippen LogP contribution is 2.38. The molecule has 3 aromatic heterocycles. The number of hydrogen-bond acceptors (Lipinski definition) is 9. The van der Waals surface area contributed by atoms with Gasteiger partial charge in [0.1, 0.15) is 32.9 Å². The Hall–Kier alpha value is -4.04. The van der Waals surface area contributed by atoms with Crippen LogP contribution in [-0.2, 0) is 22.4 Å². The Balaban J connectivity index is 1.11. The van der Waals surface area contributed by atoms with Crippen molar-refractivity contribution in [3.05, 3.63) is 98.0 Å². The lowest BCUT2D eigenvalue weighted by Crippen LogP contribution is -2.53. The Morgan fingerprint density at radius 1 is 1.02 bits per heavy atom. The molecule has 4 aliphatic rings. The van der Waals surface area contributed by atoms with Crippen molar-refractivity contribution in [3.8, 4) is 11.5 Å². The lowest BCUT2D eigenvalue weighted by molar-refractivity contribution is -0.377. The van der Waals surface area contributed by atoms with Crippen LogP contribution in [0.15, 0.2) is 67.1 Å². The average Bonchev–Trinajstić information content (AvgIpc) is 3.86. The van der Waals surface area contributed by atoms with Crippen LogP contribution in [-0.4, -0.2) is 60.9 Å². The third kappa shape index (κ3) is 8.94. The normalized spacial score (nSPS) is 20.0. The largest absolute Gasteiger partial charge is 0.489 e. The van der Waals surface area contributed by atoms with E-state index in [1.54, 1.807) is 61.1 Å². The van der Waals surface area contributed by atoms with Crippen molar-refractivity contribution in [3.63, 3.8) is 0 Å². The third-order valence-electron chi connectivity index (χ3n) is 9.53. The van der Waals surface area contributed by atoms with Crippen molar-refractivity contribution < 1.29 is 42.3 Å². The molecular weight excluding hydrogens is 737 g/mol. The summed E-state index contributed by atoms with van der Waals surface area (Å²) in [6, 6.07) is 13.2. The van der Waals surface area contributed by atoms with E-state index in [0.29, 0.717) is 50.3 Å².